The summed E-state index contributed by atoms with van der Waals surface area (Å²) in [5, 5.41) is 2.80. The van der Waals surface area contributed by atoms with E-state index in [2.05, 4.69) is 5.32 Å². The lowest BCUT2D eigenvalue weighted by Crippen LogP contribution is -2.36. The van der Waals surface area contributed by atoms with Crippen molar-refractivity contribution in [1.82, 2.24) is 5.32 Å². The van der Waals surface area contributed by atoms with Crippen molar-refractivity contribution in [2.45, 2.75) is 13.5 Å². The number of nitrogens with zero attached hydrogens (tertiary/aromatic N) is 1. The van der Waals surface area contributed by atoms with Gasteiger partial charge in [-0.15, -0.1) is 0 Å². The number of carbonyl (C=O) groups is 1. The van der Waals surface area contributed by atoms with Crippen molar-refractivity contribution >= 4 is 11.6 Å². The Morgan fingerprint density at radius 3 is 2.79 bits per heavy atom. The molecule has 0 atom stereocenters. The van der Waals surface area contributed by atoms with Crippen molar-refractivity contribution in [3.8, 4) is 0 Å². The van der Waals surface area contributed by atoms with Crippen LogP contribution in [-0.2, 0) is 16.1 Å². The summed E-state index contributed by atoms with van der Waals surface area (Å²) < 4.78 is 4.88. The van der Waals surface area contributed by atoms with Gasteiger partial charge in [0, 0.05) is 32.9 Å². The van der Waals surface area contributed by atoms with Crippen LogP contribution < -0.4 is 16.0 Å². The molecular weight excluding hydrogens is 242 g/mol. The molecule has 0 heterocycles. The molecule has 1 amide bonds. The predicted octanol–water partition coefficient (Wildman–Crippen LogP) is 0.653. The van der Waals surface area contributed by atoms with Gasteiger partial charge in [-0.1, -0.05) is 6.07 Å². The zero-order chi connectivity index (χ0) is 14.3. The van der Waals surface area contributed by atoms with Gasteiger partial charge in [0.05, 0.1) is 13.2 Å². The smallest absolute Gasteiger partial charge is 0.239 e. The Bertz CT molecular complexity index is 421. The summed E-state index contributed by atoms with van der Waals surface area (Å²) in [6.45, 7) is 3.95. The first-order valence-electron chi connectivity index (χ1n) is 6.35. The summed E-state index contributed by atoms with van der Waals surface area (Å²) in [6.07, 6.45) is 0. The van der Waals surface area contributed by atoms with Gasteiger partial charge in [-0.3, -0.25) is 4.79 Å². The molecule has 19 heavy (non-hydrogen) atoms. The number of hydrogen-bond acceptors (Lipinski definition) is 4. The molecule has 0 bridgehead atoms. The van der Waals surface area contributed by atoms with E-state index in [-0.39, 0.29) is 5.91 Å². The number of aryl methyl sites for hydroxylation is 1. The first-order valence-corrected chi connectivity index (χ1v) is 6.35. The quantitative estimate of drug-likeness (QED) is 0.710. The van der Waals surface area contributed by atoms with E-state index in [1.165, 1.54) is 0 Å². The van der Waals surface area contributed by atoms with Gasteiger partial charge in [-0.05, 0) is 30.2 Å². The second-order valence-corrected chi connectivity index (χ2v) is 4.51. The number of carbonyl (C=O) groups excluding carboxylic acids is 1. The van der Waals surface area contributed by atoms with E-state index in [4.69, 9.17) is 10.5 Å². The maximum absolute atomic E-state index is 11.7. The number of nitrogens with one attached hydrogen (secondary N) is 1. The van der Waals surface area contributed by atoms with Crippen LogP contribution in [0.4, 0.5) is 5.69 Å². The van der Waals surface area contributed by atoms with Crippen molar-refractivity contribution in [2.75, 3.05) is 38.8 Å². The molecular formula is C14H23N3O2. The molecule has 3 N–H and O–H groups in total. The fourth-order valence-corrected chi connectivity index (χ4v) is 1.80. The first-order chi connectivity index (χ1) is 9.08. The van der Waals surface area contributed by atoms with Gasteiger partial charge < -0.3 is 20.7 Å². The van der Waals surface area contributed by atoms with Gasteiger partial charge >= 0.3 is 0 Å². The Morgan fingerprint density at radius 1 is 1.47 bits per heavy atom. The van der Waals surface area contributed by atoms with Crippen LogP contribution in [-0.4, -0.2) is 39.8 Å². The van der Waals surface area contributed by atoms with E-state index in [0.29, 0.717) is 26.2 Å². The molecule has 1 aromatic carbocycles. The lowest BCUT2D eigenvalue weighted by molar-refractivity contribution is -0.119. The number of anilines is 1. The van der Waals surface area contributed by atoms with Gasteiger partial charge in [-0.25, -0.2) is 0 Å². The number of benzene rings is 1. The second kappa shape index (κ2) is 7.76. The van der Waals surface area contributed by atoms with E-state index in [0.717, 1.165) is 16.8 Å². The van der Waals surface area contributed by atoms with E-state index in [9.17, 15) is 4.79 Å². The van der Waals surface area contributed by atoms with E-state index >= 15 is 0 Å². The van der Waals surface area contributed by atoms with Crippen LogP contribution in [0.25, 0.3) is 0 Å². The SMILES string of the molecule is COCCNC(=O)CN(C)c1ccc(CN)c(C)c1. The number of methoxy groups -OCH3 is 1. The minimum absolute atomic E-state index is 0.0138. The molecule has 0 saturated heterocycles. The summed E-state index contributed by atoms with van der Waals surface area (Å²) in [5.74, 6) is -0.0138. The molecule has 0 aliphatic carbocycles. The Morgan fingerprint density at radius 2 is 2.21 bits per heavy atom. The van der Waals surface area contributed by atoms with Gasteiger partial charge in [0.1, 0.15) is 0 Å². The van der Waals surface area contributed by atoms with Crippen LogP contribution in [0.5, 0.6) is 0 Å². The normalized spacial score (nSPS) is 10.3. The van der Waals surface area contributed by atoms with Crippen LogP contribution in [0.3, 0.4) is 0 Å². The van der Waals surface area contributed by atoms with Crippen molar-refractivity contribution in [3.05, 3.63) is 29.3 Å². The largest absolute Gasteiger partial charge is 0.383 e. The van der Waals surface area contributed by atoms with Gasteiger partial charge in [0.15, 0.2) is 0 Å². The predicted molar refractivity (Wildman–Crippen MR) is 77.2 cm³/mol. The Labute approximate surface area is 114 Å². The van der Waals surface area contributed by atoms with Crippen molar-refractivity contribution in [3.63, 3.8) is 0 Å². The molecule has 0 radical (unpaired) electrons. The molecule has 0 aliphatic rings. The Kier molecular flexibility index (Phi) is 6.32. The molecule has 0 aliphatic heterocycles. The summed E-state index contributed by atoms with van der Waals surface area (Å²) >= 11 is 0. The zero-order valence-electron chi connectivity index (χ0n) is 11.9. The number of likely N-dealkylation sites (N-methyl/N-ethyl adjacent to an activating group) is 1. The molecule has 0 aromatic heterocycles. The van der Waals surface area contributed by atoms with Crippen molar-refractivity contribution in [2.24, 2.45) is 5.73 Å². The number of nitrogens with two attached hydrogens (primary N) is 1. The minimum Gasteiger partial charge on any atom is -0.383 e. The van der Waals surface area contributed by atoms with Crippen molar-refractivity contribution < 1.29 is 9.53 Å². The van der Waals surface area contributed by atoms with E-state index in [1.54, 1.807) is 7.11 Å². The number of rotatable bonds is 7. The average molecular weight is 265 g/mol. The molecule has 0 fully saturated rings. The van der Waals surface area contributed by atoms with Gasteiger partial charge in [-0.2, -0.15) is 0 Å². The highest BCUT2D eigenvalue weighted by molar-refractivity contribution is 5.81. The average Bonchev–Trinajstić information content (AvgIpc) is 2.38. The highest BCUT2D eigenvalue weighted by atomic mass is 16.5. The molecule has 0 spiro atoms. The van der Waals surface area contributed by atoms with Crippen LogP contribution in [0.2, 0.25) is 0 Å². The molecule has 106 valence electrons. The highest BCUT2D eigenvalue weighted by Gasteiger charge is 2.08. The zero-order valence-corrected chi connectivity index (χ0v) is 11.9. The number of amides is 1. The monoisotopic (exact) mass is 265 g/mol. The summed E-state index contributed by atoms with van der Waals surface area (Å²) in [4.78, 5) is 13.6. The summed E-state index contributed by atoms with van der Waals surface area (Å²) in [5.41, 5.74) is 8.92. The van der Waals surface area contributed by atoms with Crippen LogP contribution in [0.1, 0.15) is 11.1 Å². The third kappa shape index (κ3) is 4.89. The van der Waals surface area contributed by atoms with Crippen LogP contribution in [0, 0.1) is 6.92 Å². The topological polar surface area (TPSA) is 67.6 Å². The molecule has 0 saturated carbocycles. The third-order valence-electron chi connectivity index (χ3n) is 3.00. The molecule has 1 aromatic rings. The Hall–Kier alpha value is -1.59. The molecule has 5 heteroatoms. The lowest BCUT2D eigenvalue weighted by Gasteiger charge is -2.20. The number of ether oxygens (including phenoxy) is 1. The standard InChI is InChI=1S/C14H23N3O2/c1-11-8-13(5-4-12(11)9-15)17(2)10-14(18)16-6-7-19-3/h4-5,8H,6-7,9-10,15H2,1-3H3,(H,16,18). The maximum atomic E-state index is 11.7. The van der Waals surface area contributed by atoms with Crippen molar-refractivity contribution in [1.29, 1.82) is 0 Å². The van der Waals surface area contributed by atoms with E-state index < -0.39 is 0 Å². The second-order valence-electron chi connectivity index (χ2n) is 4.51. The fourth-order valence-electron chi connectivity index (χ4n) is 1.80. The third-order valence-corrected chi connectivity index (χ3v) is 3.00. The number of hydrogen-bond donors (Lipinski definition) is 2. The fraction of sp³-hybridized carbons (Fsp3) is 0.500. The molecule has 5 nitrogen and oxygen atoms in total. The summed E-state index contributed by atoms with van der Waals surface area (Å²) in [7, 11) is 3.51. The summed E-state index contributed by atoms with van der Waals surface area (Å²) in [6, 6.07) is 6.03. The van der Waals surface area contributed by atoms with E-state index in [1.807, 2.05) is 37.1 Å². The molecule has 0 unspecified atom stereocenters. The lowest BCUT2D eigenvalue weighted by atomic mass is 10.1. The first kappa shape index (κ1) is 15.5. The van der Waals surface area contributed by atoms with Gasteiger partial charge in [0.25, 0.3) is 0 Å². The van der Waals surface area contributed by atoms with Crippen LogP contribution in [0.15, 0.2) is 18.2 Å². The highest BCUT2D eigenvalue weighted by Crippen LogP contribution is 2.17. The van der Waals surface area contributed by atoms with Gasteiger partial charge in [0.2, 0.25) is 5.91 Å². The van der Waals surface area contributed by atoms with Crippen LogP contribution >= 0.6 is 0 Å². The minimum atomic E-state index is -0.0138. The maximum Gasteiger partial charge on any atom is 0.239 e. The Balaban J connectivity index is 2.55. The molecule has 1 rings (SSSR count).